The molecule has 0 aromatic rings. The molecule has 0 aliphatic carbocycles. The van der Waals surface area contributed by atoms with E-state index >= 15 is 0 Å². The lowest BCUT2D eigenvalue weighted by Gasteiger charge is -2.18. The van der Waals surface area contributed by atoms with Crippen molar-refractivity contribution in [3.8, 4) is 0 Å². The Labute approximate surface area is 479 Å². The summed E-state index contributed by atoms with van der Waals surface area (Å²) in [6.45, 7) is 6.30. The molecular weight excluding hydrogens is 961 g/mol. The van der Waals surface area contributed by atoms with Crippen LogP contribution in [0.25, 0.3) is 0 Å². The number of rotatable bonds is 54. The SMILES string of the molecule is CC/C=C\C/C=C\C/C=C\C/C=C\C/C=C\C/C=C\C/C=C\C/C=C\C/C=C\CCCCCCCCCC(=O)OCC(COC(=O)CCCCCCCC)OC(=O)CCCCC/C=C\C/C=C\C/C=C\C/C=C\C/C=C\CC. The highest BCUT2D eigenvalue weighted by molar-refractivity contribution is 5.71. The Morgan fingerprint density at radius 2 is 0.500 bits per heavy atom. The van der Waals surface area contributed by atoms with E-state index in [-0.39, 0.29) is 37.5 Å². The fourth-order valence-corrected chi connectivity index (χ4v) is 7.87. The van der Waals surface area contributed by atoms with Gasteiger partial charge in [-0.15, -0.1) is 0 Å². The van der Waals surface area contributed by atoms with E-state index in [1.54, 1.807) is 0 Å². The summed E-state index contributed by atoms with van der Waals surface area (Å²) < 4.78 is 16.7. The van der Waals surface area contributed by atoms with Crippen molar-refractivity contribution < 1.29 is 28.6 Å². The van der Waals surface area contributed by atoms with Gasteiger partial charge in [0.25, 0.3) is 0 Å². The van der Waals surface area contributed by atoms with Crippen LogP contribution in [0.5, 0.6) is 0 Å². The monoisotopic (exact) mass is 1070 g/mol. The molecule has 78 heavy (non-hydrogen) atoms. The summed E-state index contributed by atoms with van der Waals surface area (Å²) in [5.74, 6) is -0.964. The molecule has 0 radical (unpaired) electrons. The van der Waals surface area contributed by atoms with E-state index < -0.39 is 6.10 Å². The Balaban J connectivity index is 4.19. The van der Waals surface area contributed by atoms with Crippen LogP contribution in [0.1, 0.15) is 245 Å². The zero-order chi connectivity index (χ0) is 56.4. The molecule has 0 saturated heterocycles. The summed E-state index contributed by atoms with van der Waals surface area (Å²) in [4.78, 5) is 37.9. The van der Waals surface area contributed by atoms with E-state index in [1.165, 1.54) is 44.9 Å². The normalized spacial score (nSPS) is 13.3. The Hall–Kier alpha value is -5.23. The van der Waals surface area contributed by atoms with Crippen molar-refractivity contribution in [3.05, 3.63) is 170 Å². The lowest BCUT2D eigenvalue weighted by molar-refractivity contribution is -0.167. The number of ether oxygens (including phenoxy) is 3. The van der Waals surface area contributed by atoms with Crippen molar-refractivity contribution in [2.24, 2.45) is 0 Å². The minimum absolute atomic E-state index is 0.101. The molecular formula is C72H112O6. The number of hydrogen-bond donors (Lipinski definition) is 0. The van der Waals surface area contributed by atoms with E-state index in [2.05, 4.69) is 191 Å². The van der Waals surface area contributed by atoms with Gasteiger partial charge in [0.05, 0.1) is 0 Å². The van der Waals surface area contributed by atoms with Crippen LogP contribution in [0.15, 0.2) is 170 Å². The Kier molecular flexibility index (Phi) is 60.0. The van der Waals surface area contributed by atoms with Gasteiger partial charge in [-0.05, 0) is 135 Å². The standard InChI is InChI=1S/C72H112O6/c1-4-7-10-13-16-18-20-22-24-26-28-29-30-31-32-33-34-35-36-37-38-39-40-41-42-43-45-46-48-50-52-54-56-59-62-65-71(74)77-68-69(67-76-70(73)64-61-58-15-12-9-6-3)78-72(75)66-63-60-57-55-53-51-49-47-44-27-25-23-21-19-17-14-11-8-5-2/h7-8,10-11,16-19,22-25,28-29,31-32,34-35,37-38,40-41,43-45,47,51,53,69H,4-6,9,12-15,20-21,26-27,30,33,36,39,42,46,48-50,52,54-68H2,1-3H3/b10-7-,11-8-,18-16-,19-17-,24-22-,25-23-,29-28-,32-31-,35-34-,38-37-,41-40-,45-43-,47-44-,53-51-. The number of carbonyl (C=O) groups is 3. The van der Waals surface area contributed by atoms with E-state index in [0.717, 1.165) is 161 Å². The van der Waals surface area contributed by atoms with Gasteiger partial charge >= 0.3 is 17.9 Å². The van der Waals surface area contributed by atoms with Crippen molar-refractivity contribution in [1.82, 2.24) is 0 Å². The third kappa shape index (κ3) is 61.6. The second-order valence-corrected chi connectivity index (χ2v) is 19.9. The van der Waals surface area contributed by atoms with Crippen LogP contribution in [-0.2, 0) is 28.6 Å². The quantitative estimate of drug-likeness (QED) is 0.0261. The number of carbonyl (C=O) groups excluding carboxylic acids is 3. The molecule has 0 bridgehead atoms. The first kappa shape index (κ1) is 72.8. The highest BCUT2D eigenvalue weighted by Gasteiger charge is 2.19. The zero-order valence-corrected chi connectivity index (χ0v) is 49.9. The van der Waals surface area contributed by atoms with Crippen LogP contribution < -0.4 is 0 Å². The highest BCUT2D eigenvalue weighted by atomic mass is 16.6. The first-order valence-electron chi connectivity index (χ1n) is 31.1. The Morgan fingerprint density at radius 1 is 0.269 bits per heavy atom. The molecule has 0 aliphatic rings. The summed E-state index contributed by atoms with van der Waals surface area (Å²) in [6, 6.07) is 0. The predicted octanol–water partition coefficient (Wildman–Crippen LogP) is 21.5. The molecule has 1 atom stereocenters. The van der Waals surface area contributed by atoms with E-state index in [0.29, 0.717) is 12.8 Å². The molecule has 0 spiro atoms. The van der Waals surface area contributed by atoms with Crippen LogP contribution in [0.4, 0.5) is 0 Å². The number of unbranched alkanes of at least 4 members (excludes halogenated alkanes) is 15. The van der Waals surface area contributed by atoms with Gasteiger partial charge in [-0.2, -0.15) is 0 Å². The second-order valence-electron chi connectivity index (χ2n) is 19.9. The van der Waals surface area contributed by atoms with Crippen molar-refractivity contribution in [2.45, 2.75) is 252 Å². The molecule has 0 saturated carbocycles. The molecule has 6 heteroatoms. The lowest BCUT2D eigenvalue weighted by Crippen LogP contribution is -2.30. The summed E-state index contributed by atoms with van der Waals surface area (Å²) in [6.07, 6.45) is 95.3. The minimum atomic E-state index is -0.805. The zero-order valence-electron chi connectivity index (χ0n) is 49.9. The molecule has 0 amide bonds. The molecule has 436 valence electrons. The molecule has 1 unspecified atom stereocenters. The van der Waals surface area contributed by atoms with Gasteiger partial charge in [0, 0.05) is 19.3 Å². The van der Waals surface area contributed by atoms with Crippen LogP contribution in [0.2, 0.25) is 0 Å². The van der Waals surface area contributed by atoms with Gasteiger partial charge in [-0.1, -0.05) is 262 Å². The summed E-state index contributed by atoms with van der Waals surface area (Å²) in [7, 11) is 0. The molecule has 6 nitrogen and oxygen atoms in total. The van der Waals surface area contributed by atoms with Crippen LogP contribution in [0.3, 0.4) is 0 Å². The second kappa shape index (κ2) is 64.3. The largest absolute Gasteiger partial charge is 0.462 e. The maximum absolute atomic E-state index is 12.8. The van der Waals surface area contributed by atoms with Gasteiger partial charge in [-0.3, -0.25) is 14.4 Å². The molecule has 0 aromatic carbocycles. The summed E-state index contributed by atoms with van der Waals surface area (Å²) in [5, 5.41) is 0. The van der Waals surface area contributed by atoms with Crippen LogP contribution in [-0.4, -0.2) is 37.2 Å². The summed E-state index contributed by atoms with van der Waals surface area (Å²) >= 11 is 0. The Bertz CT molecular complexity index is 1810. The number of hydrogen-bond acceptors (Lipinski definition) is 6. The van der Waals surface area contributed by atoms with E-state index in [1.807, 2.05) is 0 Å². The molecule has 0 aliphatic heterocycles. The smallest absolute Gasteiger partial charge is 0.306 e. The van der Waals surface area contributed by atoms with Crippen LogP contribution in [0, 0.1) is 0 Å². The van der Waals surface area contributed by atoms with Gasteiger partial charge in [0.1, 0.15) is 13.2 Å². The van der Waals surface area contributed by atoms with Crippen molar-refractivity contribution in [1.29, 1.82) is 0 Å². The Morgan fingerprint density at radius 3 is 0.795 bits per heavy atom. The maximum Gasteiger partial charge on any atom is 0.306 e. The average molecular weight is 1070 g/mol. The molecule has 0 rings (SSSR count). The first-order valence-corrected chi connectivity index (χ1v) is 31.1. The maximum atomic E-state index is 12.8. The van der Waals surface area contributed by atoms with E-state index in [4.69, 9.17) is 14.2 Å². The van der Waals surface area contributed by atoms with E-state index in [9.17, 15) is 14.4 Å². The topological polar surface area (TPSA) is 78.9 Å². The van der Waals surface area contributed by atoms with Crippen molar-refractivity contribution in [3.63, 3.8) is 0 Å². The number of esters is 3. The summed E-state index contributed by atoms with van der Waals surface area (Å²) in [5.41, 5.74) is 0. The molecule has 0 fully saturated rings. The average Bonchev–Trinajstić information content (AvgIpc) is 3.44. The fraction of sp³-hybridized carbons (Fsp3) is 0.569. The van der Waals surface area contributed by atoms with Crippen molar-refractivity contribution >= 4 is 17.9 Å². The molecule has 0 heterocycles. The third-order valence-electron chi connectivity index (χ3n) is 12.5. The van der Waals surface area contributed by atoms with Gasteiger partial charge < -0.3 is 14.2 Å². The van der Waals surface area contributed by atoms with Gasteiger partial charge in [0.15, 0.2) is 6.10 Å². The predicted molar refractivity (Wildman–Crippen MR) is 338 cm³/mol. The minimum Gasteiger partial charge on any atom is -0.462 e. The number of allylic oxidation sites excluding steroid dienone is 28. The lowest BCUT2D eigenvalue weighted by atomic mass is 10.1. The van der Waals surface area contributed by atoms with Crippen LogP contribution >= 0.6 is 0 Å². The van der Waals surface area contributed by atoms with Gasteiger partial charge in [-0.25, -0.2) is 0 Å². The third-order valence-corrected chi connectivity index (χ3v) is 12.5. The molecule has 0 N–H and O–H groups in total. The molecule has 0 aromatic heterocycles. The van der Waals surface area contributed by atoms with Crippen molar-refractivity contribution in [2.75, 3.05) is 13.2 Å². The highest BCUT2D eigenvalue weighted by Crippen LogP contribution is 2.13. The van der Waals surface area contributed by atoms with Gasteiger partial charge in [0.2, 0.25) is 0 Å². The fourth-order valence-electron chi connectivity index (χ4n) is 7.87. The first-order chi connectivity index (χ1) is 38.5.